The molecule has 0 radical (unpaired) electrons. The third-order valence-electron chi connectivity index (χ3n) is 3.64. The van der Waals surface area contributed by atoms with E-state index >= 15 is 0 Å². The highest BCUT2D eigenvalue weighted by molar-refractivity contribution is 5.45. The summed E-state index contributed by atoms with van der Waals surface area (Å²) in [4.78, 5) is 0. The largest absolute Gasteiger partial charge is 0.328 e. The Hall–Kier alpha value is -1.68. The number of halogens is 1. The Morgan fingerprint density at radius 2 is 2.00 bits per heavy atom. The predicted molar refractivity (Wildman–Crippen MR) is 79.7 cm³/mol. The van der Waals surface area contributed by atoms with Crippen molar-refractivity contribution < 1.29 is 4.39 Å². The first kappa shape index (κ1) is 14.7. The summed E-state index contributed by atoms with van der Waals surface area (Å²) in [5.41, 5.74) is 10.6. The molecule has 1 aromatic heterocycles. The van der Waals surface area contributed by atoms with Crippen molar-refractivity contribution >= 4 is 0 Å². The molecule has 0 amide bonds. The molecule has 20 heavy (non-hydrogen) atoms. The zero-order chi connectivity index (χ0) is 14.9. The molecule has 0 saturated heterocycles. The average molecular weight is 275 g/mol. The quantitative estimate of drug-likeness (QED) is 0.932. The van der Waals surface area contributed by atoms with Crippen LogP contribution in [0.25, 0.3) is 5.69 Å². The molecule has 1 aromatic carbocycles. The molecule has 1 atom stereocenters. The minimum atomic E-state index is -0.217. The number of hydrogen-bond acceptors (Lipinski definition) is 2. The molecule has 0 fully saturated rings. The summed E-state index contributed by atoms with van der Waals surface area (Å²) in [5, 5.41) is 4.57. The topological polar surface area (TPSA) is 43.8 Å². The molecule has 1 heterocycles. The third kappa shape index (κ3) is 2.61. The van der Waals surface area contributed by atoms with Crippen LogP contribution in [0.4, 0.5) is 4.39 Å². The Morgan fingerprint density at radius 3 is 2.55 bits per heavy atom. The molecule has 0 aliphatic rings. The Morgan fingerprint density at radius 1 is 1.30 bits per heavy atom. The maximum Gasteiger partial charge on any atom is 0.128 e. The van der Waals surface area contributed by atoms with Gasteiger partial charge in [0.1, 0.15) is 5.82 Å². The van der Waals surface area contributed by atoms with Gasteiger partial charge in [-0.3, -0.25) is 0 Å². The van der Waals surface area contributed by atoms with E-state index in [0.717, 1.165) is 23.5 Å². The van der Waals surface area contributed by atoms with Crippen LogP contribution in [0, 0.1) is 19.7 Å². The van der Waals surface area contributed by atoms with E-state index in [-0.39, 0.29) is 11.9 Å². The average Bonchev–Trinajstić information content (AvgIpc) is 2.66. The number of hydrogen-bond donors (Lipinski definition) is 1. The summed E-state index contributed by atoms with van der Waals surface area (Å²) < 4.78 is 16.0. The number of benzene rings is 1. The lowest BCUT2D eigenvalue weighted by atomic mass is 10.0. The second-order valence-corrected chi connectivity index (χ2v) is 5.33. The molecule has 0 bridgehead atoms. The van der Waals surface area contributed by atoms with Crippen LogP contribution in [-0.4, -0.2) is 15.8 Å². The van der Waals surface area contributed by atoms with Crippen molar-refractivity contribution in [3.63, 3.8) is 0 Å². The molecule has 0 aliphatic carbocycles. The fourth-order valence-corrected chi connectivity index (χ4v) is 2.69. The summed E-state index contributed by atoms with van der Waals surface area (Å²) in [6.07, 6.45) is 1.43. The summed E-state index contributed by atoms with van der Waals surface area (Å²) in [7, 11) is 0. The van der Waals surface area contributed by atoms with Gasteiger partial charge in [0.15, 0.2) is 0 Å². The second kappa shape index (κ2) is 5.75. The van der Waals surface area contributed by atoms with Crippen molar-refractivity contribution in [2.24, 2.45) is 5.73 Å². The van der Waals surface area contributed by atoms with E-state index in [1.165, 1.54) is 11.6 Å². The highest BCUT2D eigenvalue weighted by atomic mass is 19.1. The minimum absolute atomic E-state index is 0.0896. The summed E-state index contributed by atoms with van der Waals surface area (Å²) >= 11 is 0. The molecule has 0 aliphatic heterocycles. The lowest BCUT2D eigenvalue weighted by Crippen LogP contribution is -2.20. The van der Waals surface area contributed by atoms with Crippen molar-refractivity contribution in [3.05, 3.63) is 46.5 Å². The Labute approximate surface area is 119 Å². The van der Waals surface area contributed by atoms with Crippen LogP contribution < -0.4 is 5.73 Å². The van der Waals surface area contributed by atoms with Crippen LogP contribution in [0.2, 0.25) is 0 Å². The Bertz CT molecular complexity index is 614. The number of aryl methyl sites for hydroxylation is 1. The molecule has 0 spiro atoms. The molecule has 4 heteroatoms. The van der Waals surface area contributed by atoms with Gasteiger partial charge in [-0.15, -0.1) is 0 Å². The summed E-state index contributed by atoms with van der Waals surface area (Å²) in [6, 6.07) is 5.01. The minimum Gasteiger partial charge on any atom is -0.328 e. The predicted octanol–water partition coefficient (Wildman–Crippen LogP) is 3.08. The third-order valence-corrected chi connectivity index (χ3v) is 3.64. The van der Waals surface area contributed by atoms with E-state index in [9.17, 15) is 4.39 Å². The van der Waals surface area contributed by atoms with E-state index in [0.29, 0.717) is 12.0 Å². The lowest BCUT2D eigenvalue weighted by Gasteiger charge is -2.14. The van der Waals surface area contributed by atoms with E-state index in [2.05, 4.69) is 12.0 Å². The SMILES string of the molecule is CCc1c(C)nn(-c2cccc(F)c2CC(C)N)c1C. The second-order valence-electron chi connectivity index (χ2n) is 5.33. The Balaban J connectivity index is 2.61. The first-order valence-electron chi connectivity index (χ1n) is 7.04. The number of nitrogens with two attached hydrogens (primary N) is 1. The van der Waals surface area contributed by atoms with Crippen LogP contribution >= 0.6 is 0 Å². The molecule has 3 nitrogen and oxygen atoms in total. The van der Waals surface area contributed by atoms with Crippen LogP contribution in [0.1, 0.15) is 36.4 Å². The fourth-order valence-electron chi connectivity index (χ4n) is 2.69. The van der Waals surface area contributed by atoms with Crippen molar-refractivity contribution in [2.45, 2.75) is 46.6 Å². The molecule has 108 valence electrons. The number of nitrogens with zero attached hydrogens (tertiary/aromatic N) is 2. The maximum absolute atomic E-state index is 14.1. The molecular weight excluding hydrogens is 253 g/mol. The lowest BCUT2D eigenvalue weighted by molar-refractivity contribution is 0.591. The molecular formula is C16H22FN3. The standard InChI is InChI=1S/C16H22FN3/c1-5-13-11(3)19-20(12(13)4)16-8-6-7-15(17)14(16)9-10(2)18/h6-8,10H,5,9,18H2,1-4H3. The van der Waals surface area contributed by atoms with Gasteiger partial charge in [0.05, 0.1) is 11.4 Å². The van der Waals surface area contributed by atoms with Crippen LogP contribution in [0.15, 0.2) is 18.2 Å². The van der Waals surface area contributed by atoms with E-state index < -0.39 is 0 Å². The summed E-state index contributed by atoms with van der Waals surface area (Å²) in [6.45, 7) is 8.01. The van der Waals surface area contributed by atoms with Crippen molar-refractivity contribution in [3.8, 4) is 5.69 Å². The van der Waals surface area contributed by atoms with Crippen LogP contribution in [0.3, 0.4) is 0 Å². The van der Waals surface area contributed by atoms with Crippen molar-refractivity contribution in [1.82, 2.24) is 9.78 Å². The van der Waals surface area contributed by atoms with Crippen LogP contribution in [-0.2, 0) is 12.8 Å². The van der Waals surface area contributed by atoms with E-state index in [1.54, 1.807) is 6.07 Å². The molecule has 1 unspecified atom stereocenters. The van der Waals surface area contributed by atoms with Gasteiger partial charge >= 0.3 is 0 Å². The van der Waals surface area contributed by atoms with Gasteiger partial charge in [-0.2, -0.15) is 5.10 Å². The van der Waals surface area contributed by atoms with E-state index in [4.69, 9.17) is 5.73 Å². The molecule has 2 N–H and O–H groups in total. The van der Waals surface area contributed by atoms with Crippen molar-refractivity contribution in [1.29, 1.82) is 0 Å². The van der Waals surface area contributed by atoms with Gasteiger partial charge in [-0.1, -0.05) is 13.0 Å². The van der Waals surface area contributed by atoms with Crippen molar-refractivity contribution in [2.75, 3.05) is 0 Å². The molecule has 2 rings (SSSR count). The summed E-state index contributed by atoms with van der Waals surface area (Å²) in [5.74, 6) is -0.217. The first-order valence-corrected chi connectivity index (χ1v) is 7.04. The smallest absolute Gasteiger partial charge is 0.128 e. The van der Waals surface area contributed by atoms with E-state index in [1.807, 2.05) is 31.5 Å². The fraction of sp³-hybridized carbons (Fsp3) is 0.438. The normalized spacial score (nSPS) is 12.7. The highest BCUT2D eigenvalue weighted by Crippen LogP contribution is 2.23. The van der Waals surface area contributed by atoms with Gasteiger partial charge in [-0.25, -0.2) is 9.07 Å². The van der Waals surface area contributed by atoms with Gasteiger partial charge in [0.25, 0.3) is 0 Å². The van der Waals surface area contributed by atoms with Gasteiger partial charge in [-0.05, 0) is 51.3 Å². The molecule has 0 saturated carbocycles. The van der Waals surface area contributed by atoms with Crippen LogP contribution in [0.5, 0.6) is 0 Å². The highest BCUT2D eigenvalue weighted by Gasteiger charge is 2.16. The molecule has 2 aromatic rings. The van der Waals surface area contributed by atoms with Gasteiger partial charge < -0.3 is 5.73 Å². The monoisotopic (exact) mass is 275 g/mol. The van der Waals surface area contributed by atoms with Gasteiger partial charge in [0.2, 0.25) is 0 Å². The Kier molecular flexibility index (Phi) is 4.23. The number of rotatable bonds is 4. The maximum atomic E-state index is 14.1. The number of aromatic nitrogens is 2. The first-order chi connectivity index (χ1) is 9.45. The van der Waals surface area contributed by atoms with Gasteiger partial charge in [0, 0.05) is 17.3 Å². The zero-order valence-corrected chi connectivity index (χ0v) is 12.6. The zero-order valence-electron chi connectivity index (χ0n) is 12.6.